The maximum absolute atomic E-state index is 13.6. The molecule has 2 heterocycles. The van der Waals surface area contributed by atoms with E-state index in [0.717, 1.165) is 16.8 Å². The van der Waals surface area contributed by atoms with Crippen LogP contribution in [-0.2, 0) is 9.59 Å². The third-order valence-corrected chi connectivity index (χ3v) is 7.41. The van der Waals surface area contributed by atoms with Crippen molar-refractivity contribution in [3.63, 3.8) is 0 Å². The molecule has 0 aromatic heterocycles. The Labute approximate surface area is 222 Å². The number of anilines is 1. The van der Waals surface area contributed by atoms with Gasteiger partial charge in [-0.05, 0) is 47.5 Å². The summed E-state index contributed by atoms with van der Waals surface area (Å²) in [7, 11) is 1.52. The number of amides is 2. The molecule has 2 amide bonds. The van der Waals surface area contributed by atoms with Crippen LogP contribution in [0.4, 0.5) is 10.1 Å². The molecule has 1 N–H and O–H groups in total. The molecular weight excluding hydrogens is 515 g/mol. The van der Waals surface area contributed by atoms with E-state index in [1.807, 2.05) is 12.1 Å². The molecule has 0 fully saturated rings. The average molecular weight is 537 g/mol. The molecule has 37 heavy (non-hydrogen) atoms. The molecule has 2 unspecified atom stereocenters. The van der Waals surface area contributed by atoms with Gasteiger partial charge in [0, 0.05) is 17.9 Å². The number of hydrogen-bond donors (Lipinski definition) is 1. The number of carbonyl (C=O) groups excluding carboxylic acids is 2. The van der Waals surface area contributed by atoms with Gasteiger partial charge in [-0.2, -0.15) is 10.1 Å². The molecule has 0 saturated carbocycles. The summed E-state index contributed by atoms with van der Waals surface area (Å²) in [4.78, 5) is 29.7. The Hall–Kier alpha value is -3.69. The fourth-order valence-corrected chi connectivity index (χ4v) is 5.36. The minimum Gasteiger partial charge on any atom is -0.495 e. The third kappa shape index (κ3) is 5.52. The summed E-state index contributed by atoms with van der Waals surface area (Å²) in [6.07, 6.45) is 0.470. The second-order valence-corrected chi connectivity index (χ2v) is 10.1. The van der Waals surface area contributed by atoms with Crippen molar-refractivity contribution >= 4 is 51.7 Å². The van der Waals surface area contributed by atoms with E-state index in [0.29, 0.717) is 28.0 Å². The highest BCUT2D eigenvalue weighted by Gasteiger charge is 2.39. The molecule has 3 aromatic rings. The topological polar surface area (TPSA) is 83.4 Å². The summed E-state index contributed by atoms with van der Waals surface area (Å²) >= 11 is 7.24. The second kappa shape index (κ2) is 10.7. The van der Waals surface area contributed by atoms with Gasteiger partial charge in [0.2, 0.25) is 5.91 Å². The number of methoxy groups -OCH3 is 1. The van der Waals surface area contributed by atoms with E-state index in [2.05, 4.69) is 10.3 Å². The van der Waals surface area contributed by atoms with Crippen LogP contribution in [0.2, 0.25) is 5.02 Å². The van der Waals surface area contributed by atoms with Gasteiger partial charge < -0.3 is 10.1 Å². The van der Waals surface area contributed by atoms with Gasteiger partial charge in [-0.15, -0.1) is 0 Å². The van der Waals surface area contributed by atoms with Crippen molar-refractivity contribution in [3.8, 4) is 5.75 Å². The third-order valence-electron chi connectivity index (χ3n) is 6.02. The molecule has 2 atom stereocenters. The van der Waals surface area contributed by atoms with E-state index in [1.165, 1.54) is 31.0 Å². The number of aliphatic imine (C=N–C) groups is 1. The standard InChI is InChI=1S/C27H22ClFN4O3S/c1-36-23-5-3-2-4-20(23)30-25(34)15-24-26(35)31-27(37-24)33-22(17-8-12-19(29)13-9-17)14-21(32-33)16-6-10-18(28)11-7-16/h2-13,22,24H,14-15H2,1H3,(H,30,34). The lowest BCUT2D eigenvalue weighted by Gasteiger charge is -2.23. The smallest absolute Gasteiger partial charge is 0.262 e. The van der Waals surface area contributed by atoms with Crippen LogP contribution in [0.25, 0.3) is 0 Å². The number of nitrogens with one attached hydrogen (secondary N) is 1. The molecule has 5 rings (SSSR count). The lowest BCUT2D eigenvalue weighted by molar-refractivity contribution is -0.121. The Morgan fingerprint density at radius 1 is 1.14 bits per heavy atom. The molecule has 10 heteroatoms. The first-order valence-electron chi connectivity index (χ1n) is 11.5. The molecule has 188 valence electrons. The molecule has 2 aliphatic heterocycles. The zero-order valence-electron chi connectivity index (χ0n) is 19.7. The molecule has 0 radical (unpaired) electrons. The number of carbonyl (C=O) groups is 2. The number of thioether (sulfide) groups is 1. The van der Waals surface area contributed by atoms with E-state index < -0.39 is 11.2 Å². The first-order valence-corrected chi connectivity index (χ1v) is 12.8. The molecule has 0 aliphatic carbocycles. The molecule has 3 aromatic carbocycles. The Balaban J connectivity index is 1.35. The highest BCUT2D eigenvalue weighted by Crippen LogP contribution is 2.39. The highest BCUT2D eigenvalue weighted by atomic mass is 35.5. The van der Waals surface area contributed by atoms with Gasteiger partial charge in [0.15, 0.2) is 5.17 Å². The Kier molecular flexibility index (Phi) is 7.25. The number of hydrazone groups is 1. The molecule has 7 nitrogen and oxygen atoms in total. The van der Waals surface area contributed by atoms with Gasteiger partial charge in [0.05, 0.1) is 24.6 Å². The van der Waals surface area contributed by atoms with Crippen molar-refractivity contribution in [2.45, 2.75) is 24.1 Å². The van der Waals surface area contributed by atoms with Gasteiger partial charge in [-0.1, -0.05) is 59.8 Å². The van der Waals surface area contributed by atoms with Crippen LogP contribution < -0.4 is 10.1 Å². The van der Waals surface area contributed by atoms with Crippen molar-refractivity contribution in [3.05, 3.63) is 94.8 Å². The molecule has 0 saturated heterocycles. The fourth-order valence-electron chi connectivity index (χ4n) is 4.17. The van der Waals surface area contributed by atoms with Crippen molar-refractivity contribution in [2.24, 2.45) is 10.1 Å². The number of halogens is 2. The quantitative estimate of drug-likeness (QED) is 0.439. The largest absolute Gasteiger partial charge is 0.495 e. The number of ether oxygens (including phenoxy) is 1. The van der Waals surface area contributed by atoms with Crippen LogP contribution in [-0.4, -0.2) is 40.1 Å². The molecule has 0 bridgehead atoms. The predicted molar refractivity (Wildman–Crippen MR) is 144 cm³/mol. The molecule has 0 spiro atoms. The number of benzene rings is 3. The van der Waals surface area contributed by atoms with E-state index >= 15 is 0 Å². The Bertz CT molecular complexity index is 1400. The van der Waals surface area contributed by atoms with Gasteiger partial charge >= 0.3 is 0 Å². The predicted octanol–water partition coefficient (Wildman–Crippen LogP) is 5.67. The average Bonchev–Trinajstić information content (AvgIpc) is 3.49. The van der Waals surface area contributed by atoms with Crippen molar-refractivity contribution in [1.82, 2.24) is 5.01 Å². The number of rotatable bonds is 6. The maximum Gasteiger partial charge on any atom is 0.262 e. The van der Waals surface area contributed by atoms with Crippen molar-refractivity contribution < 1.29 is 18.7 Å². The Morgan fingerprint density at radius 2 is 1.86 bits per heavy atom. The summed E-state index contributed by atoms with van der Waals surface area (Å²) in [5.74, 6) is -0.533. The van der Waals surface area contributed by atoms with Crippen LogP contribution in [0.3, 0.4) is 0 Å². The van der Waals surface area contributed by atoms with Crippen LogP contribution in [0.15, 0.2) is 82.9 Å². The zero-order valence-corrected chi connectivity index (χ0v) is 21.3. The summed E-state index contributed by atoms with van der Waals surface area (Å²) < 4.78 is 18.9. The van der Waals surface area contributed by atoms with Gasteiger partial charge in [0.1, 0.15) is 16.8 Å². The number of para-hydroxylation sites is 2. The van der Waals surface area contributed by atoms with E-state index in [9.17, 15) is 14.0 Å². The maximum atomic E-state index is 13.6. The van der Waals surface area contributed by atoms with E-state index in [4.69, 9.17) is 21.4 Å². The van der Waals surface area contributed by atoms with Crippen molar-refractivity contribution in [1.29, 1.82) is 0 Å². The monoisotopic (exact) mass is 536 g/mol. The van der Waals surface area contributed by atoms with Gasteiger partial charge in [0.25, 0.3) is 5.91 Å². The summed E-state index contributed by atoms with van der Waals surface area (Å²) in [5, 5.41) is 9.60. The Morgan fingerprint density at radius 3 is 2.59 bits per heavy atom. The number of nitrogens with zero attached hydrogens (tertiary/aromatic N) is 3. The molecular formula is C27H22ClFN4O3S. The number of amidine groups is 1. The van der Waals surface area contributed by atoms with Crippen LogP contribution in [0.5, 0.6) is 5.75 Å². The second-order valence-electron chi connectivity index (χ2n) is 8.46. The van der Waals surface area contributed by atoms with E-state index in [1.54, 1.807) is 53.5 Å². The summed E-state index contributed by atoms with van der Waals surface area (Å²) in [6, 6.07) is 20.3. The van der Waals surface area contributed by atoms with Crippen LogP contribution in [0.1, 0.15) is 30.0 Å². The minimum absolute atomic E-state index is 0.0582. The number of hydrogen-bond acceptors (Lipinski definition) is 6. The zero-order chi connectivity index (χ0) is 25.9. The summed E-state index contributed by atoms with van der Waals surface area (Å²) in [6.45, 7) is 0. The lowest BCUT2D eigenvalue weighted by atomic mass is 9.98. The minimum atomic E-state index is -0.687. The normalized spacial score (nSPS) is 19.0. The van der Waals surface area contributed by atoms with Crippen LogP contribution >= 0.6 is 23.4 Å². The fraction of sp³-hybridized carbons (Fsp3) is 0.185. The lowest BCUT2D eigenvalue weighted by Crippen LogP contribution is -2.25. The molecule has 2 aliphatic rings. The van der Waals surface area contributed by atoms with Gasteiger partial charge in [-0.25, -0.2) is 9.40 Å². The first kappa shape index (κ1) is 25.0. The summed E-state index contributed by atoms with van der Waals surface area (Å²) in [5.41, 5.74) is 3.04. The van der Waals surface area contributed by atoms with Crippen LogP contribution in [0, 0.1) is 5.82 Å². The SMILES string of the molecule is COc1ccccc1NC(=O)CC1SC(N2N=C(c3ccc(Cl)cc3)CC2c2ccc(F)cc2)=NC1=O. The van der Waals surface area contributed by atoms with E-state index in [-0.39, 0.29) is 24.2 Å². The first-order chi connectivity index (χ1) is 17.9. The van der Waals surface area contributed by atoms with Crippen molar-refractivity contribution in [2.75, 3.05) is 12.4 Å². The highest BCUT2D eigenvalue weighted by molar-refractivity contribution is 8.15. The van der Waals surface area contributed by atoms with Gasteiger partial charge in [-0.3, -0.25) is 9.59 Å².